The Morgan fingerprint density at radius 2 is 1.81 bits per heavy atom. The molecule has 1 atom stereocenters. The second-order valence-corrected chi connectivity index (χ2v) is 10.3. The first-order valence-corrected chi connectivity index (χ1v) is 12.8. The van der Waals surface area contributed by atoms with Crippen molar-refractivity contribution in [3.8, 4) is 0 Å². The maximum absolute atomic E-state index is 12.7. The fourth-order valence-electron chi connectivity index (χ4n) is 3.40. The topological polar surface area (TPSA) is 64.8 Å². The molecule has 0 amide bonds. The Balaban J connectivity index is 1.64. The van der Waals surface area contributed by atoms with Gasteiger partial charge in [-0.2, -0.15) is 0 Å². The number of likely N-dealkylation sites (tertiary alicyclic amines) is 1. The average molecular weight is 415 g/mol. The third-order valence-electron chi connectivity index (χ3n) is 4.86. The van der Waals surface area contributed by atoms with Crippen molar-refractivity contribution < 1.29 is 13.6 Å². The van der Waals surface area contributed by atoms with Crippen LogP contribution in [0.1, 0.15) is 33.1 Å². The molecule has 0 aliphatic carbocycles. The summed E-state index contributed by atoms with van der Waals surface area (Å²) in [6.07, 6.45) is 3.67. The van der Waals surface area contributed by atoms with Gasteiger partial charge in [-0.15, -0.1) is 11.8 Å². The molecule has 1 aromatic carbocycles. The lowest BCUT2D eigenvalue weighted by Crippen LogP contribution is -2.38. The first kappa shape index (κ1) is 22.9. The molecule has 1 aliphatic rings. The van der Waals surface area contributed by atoms with Crippen molar-refractivity contribution in [3.05, 3.63) is 30.3 Å². The van der Waals surface area contributed by atoms with E-state index in [2.05, 4.69) is 29.2 Å². The monoisotopic (exact) mass is 414 g/mol. The fourth-order valence-corrected chi connectivity index (χ4v) is 6.39. The van der Waals surface area contributed by atoms with Gasteiger partial charge in [0.1, 0.15) is 0 Å². The summed E-state index contributed by atoms with van der Waals surface area (Å²) in [6, 6.07) is 10.6. The molecule has 0 unspecified atom stereocenters. The smallest absolute Gasteiger partial charge is 0.327 e. The van der Waals surface area contributed by atoms with E-state index in [0.29, 0.717) is 25.3 Å². The van der Waals surface area contributed by atoms with Crippen molar-refractivity contribution in [2.45, 2.75) is 44.0 Å². The van der Waals surface area contributed by atoms with Gasteiger partial charge in [0.15, 0.2) is 0 Å². The number of rotatable bonds is 12. The van der Waals surface area contributed by atoms with Crippen LogP contribution in [0.2, 0.25) is 0 Å². The lowest BCUT2D eigenvalue weighted by Gasteiger charge is -2.33. The first-order chi connectivity index (χ1) is 13.0. The summed E-state index contributed by atoms with van der Waals surface area (Å²) in [7, 11) is -2.92. The highest BCUT2D eigenvalue weighted by atomic mass is 32.2. The zero-order chi connectivity index (χ0) is 19.5. The van der Waals surface area contributed by atoms with Crippen LogP contribution in [0.4, 0.5) is 0 Å². The molecule has 1 saturated heterocycles. The number of benzene rings is 1. The maximum atomic E-state index is 12.7. The van der Waals surface area contributed by atoms with E-state index in [-0.39, 0.29) is 6.04 Å². The highest BCUT2D eigenvalue weighted by molar-refractivity contribution is 7.99. The lowest BCUT2D eigenvalue weighted by molar-refractivity contribution is 0.175. The Morgan fingerprint density at radius 3 is 2.41 bits per heavy atom. The number of nitrogens with zero attached hydrogens (tertiary/aromatic N) is 1. The SMILES string of the molecule is CCOP(=O)(CC1CCN(CC[C@@H](N)CSc2ccccc2)CC1)OCC. The van der Waals surface area contributed by atoms with Gasteiger partial charge in [-0.1, -0.05) is 18.2 Å². The summed E-state index contributed by atoms with van der Waals surface area (Å²) in [5.41, 5.74) is 6.30. The Kier molecular flexibility index (Phi) is 10.4. The van der Waals surface area contributed by atoms with Crippen LogP contribution in [0, 0.1) is 5.92 Å². The summed E-state index contributed by atoms with van der Waals surface area (Å²) >= 11 is 1.83. The number of nitrogens with two attached hydrogens (primary N) is 1. The van der Waals surface area contributed by atoms with Crippen LogP contribution in [-0.4, -0.2) is 55.7 Å². The van der Waals surface area contributed by atoms with E-state index in [1.165, 1.54) is 4.90 Å². The van der Waals surface area contributed by atoms with Gasteiger partial charge in [0.2, 0.25) is 0 Å². The first-order valence-electron chi connectivity index (χ1n) is 10.1. The molecule has 0 spiro atoms. The molecule has 0 aromatic heterocycles. The molecule has 0 bridgehead atoms. The highest BCUT2D eigenvalue weighted by Gasteiger charge is 2.30. The molecular formula is C20H35N2O3PS. The van der Waals surface area contributed by atoms with Crippen molar-refractivity contribution in [1.82, 2.24) is 4.90 Å². The maximum Gasteiger partial charge on any atom is 0.330 e. The van der Waals surface area contributed by atoms with Crippen molar-refractivity contribution in [2.24, 2.45) is 11.7 Å². The van der Waals surface area contributed by atoms with Gasteiger partial charge in [-0.05, 0) is 70.8 Å². The van der Waals surface area contributed by atoms with Crippen LogP contribution in [0.15, 0.2) is 35.2 Å². The average Bonchev–Trinajstić information content (AvgIpc) is 2.67. The van der Waals surface area contributed by atoms with E-state index >= 15 is 0 Å². The van der Waals surface area contributed by atoms with Crippen molar-refractivity contribution in [2.75, 3.05) is 44.8 Å². The van der Waals surface area contributed by atoms with Gasteiger partial charge in [0.05, 0.1) is 19.4 Å². The van der Waals surface area contributed by atoms with Gasteiger partial charge in [0, 0.05) is 16.7 Å². The highest BCUT2D eigenvalue weighted by Crippen LogP contribution is 2.50. The minimum atomic E-state index is -2.92. The van der Waals surface area contributed by atoms with Crippen molar-refractivity contribution >= 4 is 19.4 Å². The predicted octanol–water partition coefficient (Wildman–Crippen LogP) is 4.47. The molecule has 2 rings (SSSR count). The van der Waals surface area contributed by atoms with Gasteiger partial charge in [0.25, 0.3) is 0 Å². The third kappa shape index (κ3) is 8.68. The minimum Gasteiger partial charge on any atom is -0.327 e. The summed E-state index contributed by atoms with van der Waals surface area (Å²) in [5, 5.41) is 0. The number of piperidine rings is 1. The number of hydrogen-bond donors (Lipinski definition) is 1. The predicted molar refractivity (Wildman–Crippen MR) is 115 cm³/mol. The van der Waals surface area contributed by atoms with Gasteiger partial charge >= 0.3 is 7.60 Å². The molecular weight excluding hydrogens is 379 g/mol. The van der Waals surface area contributed by atoms with Crippen LogP contribution in [0.5, 0.6) is 0 Å². The fraction of sp³-hybridized carbons (Fsp3) is 0.700. The molecule has 2 N–H and O–H groups in total. The summed E-state index contributed by atoms with van der Waals surface area (Å²) < 4.78 is 23.6. The van der Waals surface area contributed by atoms with E-state index in [0.717, 1.165) is 44.6 Å². The zero-order valence-corrected chi connectivity index (χ0v) is 18.4. The van der Waals surface area contributed by atoms with Gasteiger partial charge in [-0.3, -0.25) is 4.57 Å². The quantitative estimate of drug-likeness (QED) is 0.402. The molecule has 154 valence electrons. The number of thioether (sulfide) groups is 1. The lowest BCUT2D eigenvalue weighted by atomic mass is 9.99. The summed E-state index contributed by atoms with van der Waals surface area (Å²) in [5.74, 6) is 1.37. The van der Waals surface area contributed by atoms with Crippen LogP contribution in [0.25, 0.3) is 0 Å². The standard InChI is InChI=1S/C20H35N2O3PS/c1-3-24-26(23,25-4-2)16-18-10-13-22(14-11-18)15-12-19(21)17-27-20-8-6-5-7-9-20/h5-9,18-19H,3-4,10-17,21H2,1-2H3/t19-/m1/s1. The Labute approximate surface area is 168 Å². The van der Waals surface area contributed by atoms with Crippen LogP contribution < -0.4 is 5.73 Å². The van der Waals surface area contributed by atoms with Crippen molar-refractivity contribution in [1.29, 1.82) is 0 Å². The van der Waals surface area contributed by atoms with E-state index in [1.807, 2.05) is 31.7 Å². The second kappa shape index (κ2) is 12.3. The Morgan fingerprint density at radius 1 is 1.19 bits per heavy atom. The largest absolute Gasteiger partial charge is 0.330 e. The Hall–Kier alpha value is -0.360. The van der Waals surface area contributed by atoms with E-state index in [1.54, 1.807) is 0 Å². The molecule has 7 heteroatoms. The minimum absolute atomic E-state index is 0.212. The molecule has 5 nitrogen and oxygen atoms in total. The van der Waals surface area contributed by atoms with Crippen LogP contribution >= 0.6 is 19.4 Å². The van der Waals surface area contributed by atoms with Gasteiger partial charge in [-0.25, -0.2) is 0 Å². The number of hydrogen-bond acceptors (Lipinski definition) is 6. The summed E-state index contributed by atoms with van der Waals surface area (Å²) in [6.45, 7) is 7.74. The van der Waals surface area contributed by atoms with Gasteiger partial charge < -0.3 is 19.7 Å². The molecule has 1 fully saturated rings. The molecule has 27 heavy (non-hydrogen) atoms. The van der Waals surface area contributed by atoms with E-state index < -0.39 is 7.60 Å². The molecule has 1 heterocycles. The molecule has 0 radical (unpaired) electrons. The third-order valence-corrected chi connectivity index (χ3v) is 8.33. The normalized spacial score (nSPS) is 17.9. The van der Waals surface area contributed by atoms with E-state index in [9.17, 15) is 4.57 Å². The molecule has 1 aliphatic heterocycles. The van der Waals surface area contributed by atoms with Crippen LogP contribution in [-0.2, 0) is 13.6 Å². The van der Waals surface area contributed by atoms with E-state index in [4.69, 9.17) is 14.8 Å². The van der Waals surface area contributed by atoms with Crippen molar-refractivity contribution in [3.63, 3.8) is 0 Å². The summed E-state index contributed by atoms with van der Waals surface area (Å²) in [4.78, 5) is 3.76. The van der Waals surface area contributed by atoms with Crippen LogP contribution in [0.3, 0.4) is 0 Å². The zero-order valence-electron chi connectivity index (χ0n) is 16.7. The molecule has 1 aromatic rings. The second-order valence-electron chi connectivity index (χ2n) is 7.09. The Bertz CT molecular complexity index is 558. The molecule has 0 saturated carbocycles.